The third-order valence-electron chi connectivity index (χ3n) is 3.43. The first kappa shape index (κ1) is 11.9. The van der Waals surface area contributed by atoms with Crippen molar-refractivity contribution in [2.75, 3.05) is 14.2 Å². The average Bonchev–Trinajstić information content (AvgIpc) is 2.67. The highest BCUT2D eigenvalue weighted by Gasteiger charge is 2.40. The number of ether oxygens (including phenoxy) is 2. The van der Waals surface area contributed by atoms with E-state index in [0.717, 1.165) is 23.3 Å². The predicted octanol–water partition coefficient (Wildman–Crippen LogP) is 1.96. The topological polar surface area (TPSA) is 55.8 Å². The van der Waals surface area contributed by atoms with E-state index in [1.54, 1.807) is 14.2 Å². The molecule has 1 unspecified atom stereocenters. The summed E-state index contributed by atoms with van der Waals surface area (Å²) in [5, 5.41) is 8.99. The highest BCUT2D eigenvalue weighted by molar-refractivity contribution is 5.69. The van der Waals surface area contributed by atoms with E-state index in [4.69, 9.17) is 14.6 Å². The molecule has 1 aromatic rings. The average molecular weight is 236 g/mol. The number of methoxy groups -OCH3 is 2. The van der Waals surface area contributed by atoms with E-state index in [2.05, 4.69) is 0 Å². The molecule has 92 valence electrons. The van der Waals surface area contributed by atoms with Gasteiger partial charge in [0.05, 0.1) is 13.5 Å². The van der Waals surface area contributed by atoms with Crippen LogP contribution in [0.4, 0.5) is 0 Å². The molecule has 4 heteroatoms. The molecule has 0 saturated carbocycles. The number of carboxylic acids is 1. The zero-order valence-corrected chi connectivity index (χ0v) is 10.0. The van der Waals surface area contributed by atoms with Gasteiger partial charge in [-0.15, -0.1) is 0 Å². The van der Waals surface area contributed by atoms with Crippen molar-refractivity contribution >= 4 is 5.97 Å². The molecule has 1 aromatic carbocycles. The maximum absolute atomic E-state index is 10.9. The third-order valence-corrected chi connectivity index (χ3v) is 3.43. The Labute approximate surface area is 100 Å². The molecule has 0 amide bonds. The van der Waals surface area contributed by atoms with Crippen molar-refractivity contribution in [1.29, 1.82) is 0 Å². The van der Waals surface area contributed by atoms with Crippen LogP contribution in [0, 0.1) is 0 Å². The van der Waals surface area contributed by atoms with E-state index in [9.17, 15) is 4.79 Å². The second-order valence-corrected chi connectivity index (χ2v) is 4.29. The molecule has 1 aliphatic carbocycles. The lowest BCUT2D eigenvalue weighted by atomic mass is 9.92. The Bertz CT molecular complexity index is 441. The Morgan fingerprint density at radius 1 is 1.47 bits per heavy atom. The molecule has 1 aliphatic rings. The molecule has 1 N–H and O–H groups in total. The smallest absolute Gasteiger partial charge is 0.306 e. The van der Waals surface area contributed by atoms with Crippen LogP contribution in [0.15, 0.2) is 18.2 Å². The Balaban J connectivity index is 2.40. The lowest BCUT2D eigenvalue weighted by Gasteiger charge is -2.27. The molecule has 0 fully saturated rings. The van der Waals surface area contributed by atoms with E-state index >= 15 is 0 Å². The van der Waals surface area contributed by atoms with Gasteiger partial charge in [0, 0.05) is 7.11 Å². The summed E-state index contributed by atoms with van der Waals surface area (Å²) in [5.74, 6) is -0.0403. The number of carbonyl (C=O) groups is 1. The number of carboxylic acid groups (broad SMARTS) is 1. The summed E-state index contributed by atoms with van der Waals surface area (Å²) in [6.45, 7) is 0. The van der Waals surface area contributed by atoms with Gasteiger partial charge in [-0.25, -0.2) is 0 Å². The molecule has 0 heterocycles. The number of fused-ring (bicyclic) bond motifs is 1. The Hall–Kier alpha value is -1.55. The van der Waals surface area contributed by atoms with Gasteiger partial charge in [-0.05, 0) is 36.1 Å². The minimum atomic E-state index is -0.837. The van der Waals surface area contributed by atoms with E-state index in [1.807, 2.05) is 18.2 Å². The van der Waals surface area contributed by atoms with Gasteiger partial charge in [-0.1, -0.05) is 6.07 Å². The molecule has 0 radical (unpaired) electrons. The predicted molar refractivity (Wildman–Crippen MR) is 62.3 cm³/mol. The summed E-state index contributed by atoms with van der Waals surface area (Å²) in [6, 6.07) is 5.71. The number of rotatable bonds is 4. The molecule has 0 aromatic heterocycles. The Kier molecular flexibility index (Phi) is 3.07. The summed E-state index contributed by atoms with van der Waals surface area (Å²) in [7, 11) is 3.19. The van der Waals surface area contributed by atoms with E-state index < -0.39 is 11.6 Å². The van der Waals surface area contributed by atoms with Crippen LogP contribution in [0.25, 0.3) is 0 Å². The van der Waals surface area contributed by atoms with Crippen LogP contribution in [-0.4, -0.2) is 25.3 Å². The second-order valence-electron chi connectivity index (χ2n) is 4.29. The first-order chi connectivity index (χ1) is 8.11. The van der Waals surface area contributed by atoms with Crippen molar-refractivity contribution in [1.82, 2.24) is 0 Å². The first-order valence-corrected chi connectivity index (χ1v) is 5.55. The van der Waals surface area contributed by atoms with Crippen LogP contribution in [-0.2, 0) is 21.6 Å². The van der Waals surface area contributed by atoms with Gasteiger partial charge < -0.3 is 14.6 Å². The van der Waals surface area contributed by atoms with E-state index in [0.29, 0.717) is 6.42 Å². The largest absolute Gasteiger partial charge is 0.497 e. The molecule has 4 nitrogen and oxygen atoms in total. The van der Waals surface area contributed by atoms with Crippen molar-refractivity contribution in [2.24, 2.45) is 0 Å². The maximum Gasteiger partial charge on any atom is 0.306 e. The number of hydrogen-bond acceptors (Lipinski definition) is 3. The van der Waals surface area contributed by atoms with Gasteiger partial charge in [0.1, 0.15) is 11.4 Å². The quantitative estimate of drug-likeness (QED) is 0.868. The fourth-order valence-corrected chi connectivity index (χ4v) is 2.53. The molecule has 2 rings (SSSR count). The third kappa shape index (κ3) is 2.00. The fourth-order valence-electron chi connectivity index (χ4n) is 2.53. The Morgan fingerprint density at radius 3 is 2.82 bits per heavy atom. The maximum atomic E-state index is 10.9. The Morgan fingerprint density at radius 2 is 2.24 bits per heavy atom. The van der Waals surface area contributed by atoms with E-state index in [-0.39, 0.29) is 6.42 Å². The number of aliphatic carboxylic acids is 1. The second kappa shape index (κ2) is 4.37. The van der Waals surface area contributed by atoms with Crippen molar-refractivity contribution in [2.45, 2.75) is 24.9 Å². The fraction of sp³-hybridized carbons (Fsp3) is 0.462. The number of benzene rings is 1. The van der Waals surface area contributed by atoms with E-state index in [1.165, 1.54) is 0 Å². The van der Waals surface area contributed by atoms with Gasteiger partial charge in [0.15, 0.2) is 0 Å². The van der Waals surface area contributed by atoms with Gasteiger partial charge in [-0.2, -0.15) is 0 Å². The highest BCUT2D eigenvalue weighted by atomic mass is 16.5. The first-order valence-electron chi connectivity index (χ1n) is 5.55. The zero-order chi connectivity index (χ0) is 12.5. The van der Waals surface area contributed by atoms with Crippen LogP contribution in [0.2, 0.25) is 0 Å². The normalized spacial score (nSPS) is 22.2. The standard InChI is InChI=1S/C13H16O4/c1-16-10-3-4-11-9(7-10)5-6-13(11,17-2)8-12(14)15/h3-4,7H,5-6,8H2,1-2H3,(H,14,15). The molecule has 0 bridgehead atoms. The summed E-state index contributed by atoms with van der Waals surface area (Å²) in [4.78, 5) is 10.9. The van der Waals surface area contributed by atoms with Crippen LogP contribution in [0.1, 0.15) is 24.0 Å². The molecule has 0 spiro atoms. The van der Waals surface area contributed by atoms with Crippen molar-refractivity contribution in [3.8, 4) is 5.75 Å². The van der Waals surface area contributed by atoms with Gasteiger partial charge in [-0.3, -0.25) is 4.79 Å². The monoisotopic (exact) mass is 236 g/mol. The molecule has 0 aliphatic heterocycles. The highest BCUT2D eigenvalue weighted by Crippen LogP contribution is 2.43. The summed E-state index contributed by atoms with van der Waals surface area (Å²) in [6.07, 6.45) is 1.54. The summed E-state index contributed by atoms with van der Waals surface area (Å²) >= 11 is 0. The molecular weight excluding hydrogens is 220 g/mol. The number of aryl methyl sites for hydroxylation is 1. The minimum absolute atomic E-state index is 0.00281. The summed E-state index contributed by atoms with van der Waals surface area (Å²) < 4.78 is 10.7. The minimum Gasteiger partial charge on any atom is -0.497 e. The van der Waals surface area contributed by atoms with Crippen LogP contribution in [0.5, 0.6) is 5.75 Å². The molecular formula is C13H16O4. The van der Waals surface area contributed by atoms with Crippen LogP contribution in [0.3, 0.4) is 0 Å². The lowest BCUT2D eigenvalue weighted by Crippen LogP contribution is -2.28. The molecule has 1 atom stereocenters. The van der Waals surface area contributed by atoms with Gasteiger partial charge in [0.25, 0.3) is 0 Å². The van der Waals surface area contributed by atoms with Crippen LogP contribution >= 0.6 is 0 Å². The SMILES string of the molecule is COc1ccc2c(c1)CCC2(CC(=O)O)OC. The lowest BCUT2D eigenvalue weighted by molar-refractivity contribution is -0.144. The van der Waals surface area contributed by atoms with Crippen LogP contribution < -0.4 is 4.74 Å². The van der Waals surface area contributed by atoms with Crippen molar-refractivity contribution < 1.29 is 19.4 Å². The summed E-state index contributed by atoms with van der Waals surface area (Å²) in [5.41, 5.74) is 1.42. The van der Waals surface area contributed by atoms with Gasteiger partial charge in [0.2, 0.25) is 0 Å². The van der Waals surface area contributed by atoms with Crippen molar-refractivity contribution in [3.05, 3.63) is 29.3 Å². The number of hydrogen-bond donors (Lipinski definition) is 1. The molecule has 0 saturated heterocycles. The van der Waals surface area contributed by atoms with Crippen molar-refractivity contribution in [3.63, 3.8) is 0 Å². The van der Waals surface area contributed by atoms with Gasteiger partial charge >= 0.3 is 5.97 Å². The zero-order valence-electron chi connectivity index (χ0n) is 10.0. The molecule has 17 heavy (non-hydrogen) atoms.